The highest BCUT2D eigenvalue weighted by Crippen LogP contribution is 2.55. The fourth-order valence-electron chi connectivity index (χ4n) is 5.49. The number of rotatable bonds is 7. The van der Waals surface area contributed by atoms with Crippen LogP contribution in [-0.4, -0.2) is 75.4 Å². The van der Waals surface area contributed by atoms with E-state index in [0.717, 1.165) is 38.0 Å². The molecule has 28 heavy (non-hydrogen) atoms. The lowest BCUT2D eigenvalue weighted by Gasteiger charge is -2.30. The Morgan fingerprint density at radius 1 is 1.29 bits per heavy atom. The van der Waals surface area contributed by atoms with Crippen LogP contribution in [0.5, 0.6) is 11.5 Å². The van der Waals surface area contributed by atoms with Gasteiger partial charge in [0.1, 0.15) is 0 Å². The summed E-state index contributed by atoms with van der Waals surface area (Å²) in [5.41, 5.74) is 1.01. The Morgan fingerprint density at radius 2 is 2.07 bits per heavy atom. The first kappa shape index (κ1) is 19.5. The molecule has 0 unspecified atom stereocenters. The van der Waals surface area contributed by atoms with Crippen molar-refractivity contribution in [2.45, 2.75) is 37.4 Å². The molecule has 0 N–H and O–H groups in total. The first-order chi connectivity index (χ1) is 13.5. The first-order valence-electron chi connectivity index (χ1n) is 10.3. The number of likely N-dealkylation sites (tertiary alicyclic amines) is 1. The second-order valence-corrected chi connectivity index (χ2v) is 8.76. The predicted molar refractivity (Wildman–Crippen MR) is 107 cm³/mol. The number of carbonyl (C=O) groups excluding carboxylic acids is 1. The van der Waals surface area contributed by atoms with E-state index in [2.05, 4.69) is 23.9 Å². The largest absolute Gasteiger partial charge is 0.493 e. The maximum atomic E-state index is 12.9. The number of nitrogens with zero attached hydrogens (tertiary/aromatic N) is 2. The summed E-state index contributed by atoms with van der Waals surface area (Å²) in [4.78, 5) is 17.2. The number of methoxy groups -OCH3 is 2. The van der Waals surface area contributed by atoms with Crippen molar-refractivity contribution in [2.75, 3.05) is 47.9 Å². The van der Waals surface area contributed by atoms with Crippen molar-refractivity contribution in [3.63, 3.8) is 0 Å². The number of fused-ring (bicyclic) bond motifs is 1. The van der Waals surface area contributed by atoms with Crippen molar-refractivity contribution >= 4 is 5.91 Å². The molecule has 1 aromatic carbocycles. The Balaban J connectivity index is 1.38. The van der Waals surface area contributed by atoms with Crippen LogP contribution in [0.15, 0.2) is 18.2 Å². The average Bonchev–Trinajstić information content (AvgIpc) is 3.35. The minimum Gasteiger partial charge on any atom is -0.493 e. The maximum absolute atomic E-state index is 12.9. The van der Waals surface area contributed by atoms with Gasteiger partial charge in [-0.3, -0.25) is 4.79 Å². The molecule has 154 valence electrons. The highest BCUT2D eigenvalue weighted by Gasteiger charge is 2.63. The van der Waals surface area contributed by atoms with Gasteiger partial charge >= 0.3 is 0 Å². The van der Waals surface area contributed by atoms with Crippen LogP contribution in [0.3, 0.4) is 0 Å². The van der Waals surface area contributed by atoms with Gasteiger partial charge in [-0.25, -0.2) is 0 Å². The zero-order chi connectivity index (χ0) is 19.9. The van der Waals surface area contributed by atoms with Gasteiger partial charge in [-0.2, -0.15) is 0 Å². The van der Waals surface area contributed by atoms with Gasteiger partial charge < -0.3 is 24.0 Å². The van der Waals surface area contributed by atoms with Crippen LogP contribution in [0.25, 0.3) is 0 Å². The van der Waals surface area contributed by atoms with Gasteiger partial charge in [0.05, 0.1) is 32.5 Å². The van der Waals surface area contributed by atoms with Crippen molar-refractivity contribution in [2.24, 2.45) is 11.8 Å². The molecule has 0 saturated carbocycles. The minimum absolute atomic E-state index is 0.0790. The Bertz CT molecular complexity index is 737. The summed E-state index contributed by atoms with van der Waals surface area (Å²) in [6.45, 7) is 2.66. The Morgan fingerprint density at radius 3 is 2.79 bits per heavy atom. The maximum Gasteiger partial charge on any atom is 0.223 e. The van der Waals surface area contributed by atoms with Gasteiger partial charge in [-0.05, 0) is 51.1 Å². The molecule has 3 saturated heterocycles. The van der Waals surface area contributed by atoms with E-state index in [1.807, 2.05) is 18.2 Å². The highest BCUT2D eigenvalue weighted by molar-refractivity contribution is 5.77. The van der Waals surface area contributed by atoms with E-state index in [0.29, 0.717) is 42.3 Å². The topological polar surface area (TPSA) is 51.2 Å². The second kappa shape index (κ2) is 7.56. The summed E-state index contributed by atoms with van der Waals surface area (Å²) in [5.74, 6) is 2.68. The molecule has 3 aliphatic heterocycles. The lowest BCUT2D eigenvalue weighted by molar-refractivity contribution is -0.131. The van der Waals surface area contributed by atoms with Gasteiger partial charge in [0.2, 0.25) is 5.91 Å². The van der Waals surface area contributed by atoms with Gasteiger partial charge in [0.25, 0.3) is 0 Å². The number of carbonyl (C=O) groups is 1. The molecule has 0 aliphatic carbocycles. The van der Waals surface area contributed by atoms with Crippen molar-refractivity contribution in [1.29, 1.82) is 0 Å². The molecule has 1 aromatic rings. The molecule has 6 nitrogen and oxygen atoms in total. The number of ether oxygens (including phenoxy) is 3. The van der Waals surface area contributed by atoms with E-state index in [-0.39, 0.29) is 11.5 Å². The van der Waals surface area contributed by atoms with Crippen LogP contribution in [-0.2, 0) is 16.0 Å². The SMILES string of the molecule is COc1ccc(CCC(=O)N2C[C@@H]3[C@H](CN(C)C)[C@H]4CC[C@]3(C2)O4)cc1OC. The molecule has 0 aromatic heterocycles. The van der Waals surface area contributed by atoms with Crippen molar-refractivity contribution in [1.82, 2.24) is 9.80 Å². The summed E-state index contributed by atoms with van der Waals surface area (Å²) in [5, 5.41) is 0. The number of hydrogen-bond donors (Lipinski definition) is 0. The third-order valence-corrected chi connectivity index (χ3v) is 6.79. The molecular formula is C22H32N2O4. The zero-order valence-corrected chi connectivity index (χ0v) is 17.4. The molecule has 4 atom stereocenters. The number of hydrogen-bond acceptors (Lipinski definition) is 5. The third kappa shape index (κ3) is 3.37. The van der Waals surface area contributed by atoms with E-state index in [1.54, 1.807) is 14.2 Å². The monoisotopic (exact) mass is 388 g/mol. The minimum atomic E-state index is -0.0790. The van der Waals surface area contributed by atoms with Crippen molar-refractivity contribution < 1.29 is 19.0 Å². The Hall–Kier alpha value is -1.79. The van der Waals surface area contributed by atoms with Crippen LogP contribution >= 0.6 is 0 Å². The molecule has 3 heterocycles. The lowest BCUT2D eigenvalue weighted by atomic mass is 9.73. The fourth-order valence-corrected chi connectivity index (χ4v) is 5.49. The van der Waals surface area contributed by atoms with Crippen LogP contribution in [0.2, 0.25) is 0 Å². The van der Waals surface area contributed by atoms with Crippen LogP contribution in [0, 0.1) is 11.8 Å². The van der Waals surface area contributed by atoms with Crippen LogP contribution in [0.1, 0.15) is 24.8 Å². The molecule has 1 amide bonds. The zero-order valence-electron chi connectivity index (χ0n) is 17.4. The summed E-state index contributed by atoms with van der Waals surface area (Å²) >= 11 is 0. The second-order valence-electron chi connectivity index (χ2n) is 8.76. The summed E-state index contributed by atoms with van der Waals surface area (Å²) in [6.07, 6.45) is 3.85. The van der Waals surface area contributed by atoms with Gasteiger partial charge in [0.15, 0.2) is 11.5 Å². The van der Waals surface area contributed by atoms with E-state index in [1.165, 1.54) is 0 Å². The van der Waals surface area contributed by atoms with Gasteiger partial charge in [-0.15, -0.1) is 0 Å². The summed E-state index contributed by atoms with van der Waals surface area (Å²) in [6, 6.07) is 5.86. The van der Waals surface area contributed by atoms with Crippen LogP contribution in [0.4, 0.5) is 0 Å². The summed E-state index contributed by atoms with van der Waals surface area (Å²) in [7, 11) is 7.51. The van der Waals surface area contributed by atoms with Crippen LogP contribution < -0.4 is 9.47 Å². The lowest BCUT2D eigenvalue weighted by Crippen LogP contribution is -2.40. The molecular weight excluding hydrogens is 356 g/mol. The molecule has 4 rings (SSSR count). The average molecular weight is 389 g/mol. The predicted octanol–water partition coefficient (Wildman–Crippen LogP) is 2.20. The Kier molecular flexibility index (Phi) is 5.27. The number of aryl methyl sites for hydroxylation is 1. The van der Waals surface area contributed by atoms with E-state index in [9.17, 15) is 4.79 Å². The van der Waals surface area contributed by atoms with Crippen molar-refractivity contribution in [3.05, 3.63) is 23.8 Å². The fraction of sp³-hybridized carbons (Fsp3) is 0.682. The molecule has 3 fully saturated rings. The molecule has 6 heteroatoms. The molecule has 0 radical (unpaired) electrons. The molecule has 1 spiro atoms. The standard InChI is InChI=1S/C22H32N2O4/c1-23(2)12-16-17-13-24(14-22(17)10-9-18(16)28-22)21(25)8-6-15-5-7-19(26-3)20(11-15)27-4/h5,7,11,16-18H,6,8-10,12-14H2,1-4H3/t16-,17+,18+,22+/m0/s1. The normalized spacial score (nSPS) is 30.8. The van der Waals surface area contributed by atoms with Gasteiger partial charge in [0, 0.05) is 31.3 Å². The number of amides is 1. The van der Waals surface area contributed by atoms with E-state index in [4.69, 9.17) is 14.2 Å². The Labute approximate surface area is 167 Å². The van der Waals surface area contributed by atoms with E-state index >= 15 is 0 Å². The molecule has 3 aliphatic rings. The number of benzene rings is 1. The molecule has 2 bridgehead atoms. The van der Waals surface area contributed by atoms with Crippen molar-refractivity contribution in [3.8, 4) is 11.5 Å². The highest BCUT2D eigenvalue weighted by atomic mass is 16.5. The summed E-state index contributed by atoms with van der Waals surface area (Å²) < 4.78 is 17.1. The van der Waals surface area contributed by atoms with E-state index < -0.39 is 0 Å². The first-order valence-corrected chi connectivity index (χ1v) is 10.3. The smallest absolute Gasteiger partial charge is 0.223 e. The van der Waals surface area contributed by atoms with Gasteiger partial charge in [-0.1, -0.05) is 6.07 Å². The quantitative estimate of drug-likeness (QED) is 0.717. The third-order valence-electron chi connectivity index (χ3n) is 6.79.